The maximum atomic E-state index is 5.49. The Morgan fingerprint density at radius 2 is 1.53 bits per heavy atom. The molecule has 0 unspecified atom stereocenters. The summed E-state index contributed by atoms with van der Waals surface area (Å²) in [5.74, 6) is 0. The molecule has 2 rings (SSSR count). The van der Waals surface area contributed by atoms with Gasteiger partial charge in [0, 0.05) is 24.7 Å². The Hall–Kier alpha value is -2.16. The van der Waals surface area contributed by atoms with E-state index in [-0.39, 0.29) is 0 Å². The van der Waals surface area contributed by atoms with Crippen molar-refractivity contribution in [3.8, 4) is 0 Å². The van der Waals surface area contributed by atoms with Crippen molar-refractivity contribution < 1.29 is 4.84 Å². The van der Waals surface area contributed by atoms with Crippen LogP contribution in [-0.2, 0) is 4.84 Å². The van der Waals surface area contributed by atoms with Gasteiger partial charge in [-0.2, -0.15) is 5.06 Å². The number of hydroxylamine groups is 2. The summed E-state index contributed by atoms with van der Waals surface area (Å²) in [4.78, 5) is 7.44. The molecule has 3 nitrogen and oxygen atoms in total. The molecule has 1 heterocycles. The Labute approximate surface area is 101 Å². The van der Waals surface area contributed by atoms with Crippen LogP contribution in [-0.4, -0.2) is 17.0 Å². The molecular weight excluding hydrogens is 212 g/mol. The van der Waals surface area contributed by atoms with Gasteiger partial charge in [0.2, 0.25) is 0 Å². The highest BCUT2D eigenvalue weighted by atomic mass is 16.7. The van der Waals surface area contributed by atoms with Gasteiger partial charge in [0.1, 0.15) is 6.26 Å². The molecule has 0 fully saturated rings. The first-order valence-corrected chi connectivity index (χ1v) is 5.54. The van der Waals surface area contributed by atoms with E-state index in [0.717, 1.165) is 5.22 Å². The summed E-state index contributed by atoms with van der Waals surface area (Å²) in [6.07, 6.45) is 11.3. The number of benzene rings is 1. The molecular formula is C14H16N2O. The third kappa shape index (κ3) is 3.14. The van der Waals surface area contributed by atoms with Crippen LogP contribution in [0.4, 0.5) is 0 Å². The Morgan fingerprint density at radius 3 is 2.12 bits per heavy atom. The topological polar surface area (TPSA) is 15.7 Å². The summed E-state index contributed by atoms with van der Waals surface area (Å²) >= 11 is 0. The number of hydrogen-bond acceptors (Lipinski definition) is 3. The third-order valence-corrected chi connectivity index (χ3v) is 2.48. The predicted molar refractivity (Wildman–Crippen MR) is 69.3 cm³/mol. The average molecular weight is 228 g/mol. The summed E-state index contributed by atoms with van der Waals surface area (Å²) < 4.78 is 0. The zero-order chi connectivity index (χ0) is 12.1. The smallest absolute Gasteiger partial charge is 0.127 e. The van der Waals surface area contributed by atoms with Crippen molar-refractivity contribution in [3.05, 3.63) is 59.5 Å². The van der Waals surface area contributed by atoms with Crippen molar-refractivity contribution in [1.82, 2.24) is 9.96 Å². The van der Waals surface area contributed by atoms with Gasteiger partial charge in [0.15, 0.2) is 0 Å². The van der Waals surface area contributed by atoms with Gasteiger partial charge in [-0.05, 0) is 12.1 Å². The second-order valence-electron chi connectivity index (χ2n) is 3.80. The van der Waals surface area contributed by atoms with Crippen LogP contribution < -0.4 is 10.4 Å². The summed E-state index contributed by atoms with van der Waals surface area (Å²) in [5.41, 5.74) is 0. The minimum Gasteiger partial charge on any atom is -0.383 e. The van der Waals surface area contributed by atoms with Crippen LogP contribution in [0.25, 0.3) is 12.3 Å². The molecule has 0 bridgehead atoms. The molecule has 0 radical (unpaired) electrons. The van der Waals surface area contributed by atoms with Crippen LogP contribution in [0.15, 0.2) is 49.1 Å². The zero-order valence-electron chi connectivity index (χ0n) is 10.1. The lowest BCUT2D eigenvalue weighted by Gasteiger charge is -2.19. The first-order chi connectivity index (χ1) is 8.28. The molecule has 3 heteroatoms. The third-order valence-electron chi connectivity index (χ3n) is 2.48. The van der Waals surface area contributed by atoms with Gasteiger partial charge in [0.05, 0.1) is 12.4 Å². The molecule has 1 aliphatic heterocycles. The van der Waals surface area contributed by atoms with Gasteiger partial charge >= 0.3 is 0 Å². The van der Waals surface area contributed by atoms with Gasteiger partial charge < -0.3 is 9.74 Å². The Morgan fingerprint density at radius 1 is 0.941 bits per heavy atom. The van der Waals surface area contributed by atoms with Crippen LogP contribution in [0.1, 0.15) is 6.92 Å². The van der Waals surface area contributed by atoms with E-state index in [1.54, 1.807) is 11.3 Å². The quantitative estimate of drug-likeness (QED) is 0.760. The van der Waals surface area contributed by atoms with Crippen LogP contribution in [0.3, 0.4) is 0 Å². The Bertz CT molecular complexity index is 508. The fourth-order valence-corrected chi connectivity index (χ4v) is 1.40. The normalized spacial score (nSPS) is 13.8. The second kappa shape index (κ2) is 5.25. The standard InChI is InChI=1S/C14H16N2O/c1-3-13-4-6-14(7-5-13)12-17-16-10-8-15(2)9-11-16/h3-12H,1-2H3. The van der Waals surface area contributed by atoms with Crippen LogP contribution in [0, 0.1) is 0 Å². The minimum absolute atomic E-state index is 1.04. The first-order valence-electron chi connectivity index (χ1n) is 5.54. The fourth-order valence-electron chi connectivity index (χ4n) is 1.40. The largest absolute Gasteiger partial charge is 0.383 e. The van der Waals surface area contributed by atoms with Crippen molar-refractivity contribution >= 4 is 12.3 Å². The van der Waals surface area contributed by atoms with Crippen molar-refractivity contribution in [2.75, 3.05) is 7.05 Å². The van der Waals surface area contributed by atoms with E-state index in [1.807, 2.05) is 55.8 Å². The molecule has 1 aromatic carbocycles. The molecule has 0 aromatic heterocycles. The zero-order valence-corrected chi connectivity index (χ0v) is 10.1. The molecule has 0 saturated carbocycles. The summed E-state index contributed by atoms with van der Waals surface area (Å²) in [5, 5.41) is 3.90. The highest BCUT2D eigenvalue weighted by Gasteiger charge is 1.97. The SMILES string of the molecule is CC=c1ccc(=CON2C=CN(C)C=C2)cc1. The highest BCUT2D eigenvalue weighted by Crippen LogP contribution is 2.02. The van der Waals surface area contributed by atoms with Crippen molar-refractivity contribution in [2.45, 2.75) is 6.92 Å². The molecule has 17 heavy (non-hydrogen) atoms. The van der Waals surface area contributed by atoms with E-state index < -0.39 is 0 Å². The van der Waals surface area contributed by atoms with Crippen molar-refractivity contribution in [2.24, 2.45) is 0 Å². The van der Waals surface area contributed by atoms with Crippen LogP contribution in [0.2, 0.25) is 0 Å². The van der Waals surface area contributed by atoms with E-state index in [9.17, 15) is 0 Å². The number of hydrogen-bond donors (Lipinski definition) is 0. The lowest BCUT2D eigenvalue weighted by atomic mass is 10.2. The number of rotatable bonds is 2. The van der Waals surface area contributed by atoms with Crippen LogP contribution in [0.5, 0.6) is 0 Å². The second-order valence-corrected chi connectivity index (χ2v) is 3.80. The lowest BCUT2D eigenvalue weighted by molar-refractivity contribution is 0.0161. The van der Waals surface area contributed by atoms with E-state index >= 15 is 0 Å². The monoisotopic (exact) mass is 228 g/mol. The van der Waals surface area contributed by atoms with Gasteiger partial charge in [-0.3, -0.25) is 0 Å². The average Bonchev–Trinajstić information content (AvgIpc) is 2.39. The van der Waals surface area contributed by atoms with Gasteiger partial charge in [-0.15, -0.1) is 0 Å². The first kappa shape index (κ1) is 11.3. The van der Waals surface area contributed by atoms with Crippen molar-refractivity contribution in [1.29, 1.82) is 0 Å². The number of nitrogens with zero attached hydrogens (tertiary/aromatic N) is 2. The minimum atomic E-state index is 1.04. The summed E-state index contributed by atoms with van der Waals surface area (Å²) in [6, 6.07) is 8.17. The molecule has 0 amide bonds. The molecule has 1 aliphatic rings. The van der Waals surface area contributed by atoms with Crippen molar-refractivity contribution in [3.63, 3.8) is 0 Å². The molecule has 0 aliphatic carbocycles. The molecule has 0 atom stereocenters. The summed E-state index contributed by atoms with van der Waals surface area (Å²) in [6.45, 7) is 2.02. The molecule has 88 valence electrons. The summed E-state index contributed by atoms with van der Waals surface area (Å²) in [7, 11) is 1.97. The Kier molecular flexibility index (Phi) is 3.50. The fraction of sp³-hybridized carbons (Fsp3) is 0.143. The molecule has 0 N–H and O–H groups in total. The highest BCUT2D eigenvalue weighted by molar-refractivity contribution is 5.24. The van der Waals surface area contributed by atoms with E-state index in [4.69, 9.17) is 4.84 Å². The van der Waals surface area contributed by atoms with Gasteiger partial charge in [-0.25, -0.2) is 0 Å². The lowest BCUT2D eigenvalue weighted by Crippen LogP contribution is -2.17. The van der Waals surface area contributed by atoms with E-state index in [2.05, 4.69) is 18.2 Å². The van der Waals surface area contributed by atoms with Gasteiger partial charge in [0.25, 0.3) is 0 Å². The van der Waals surface area contributed by atoms with Crippen LogP contribution >= 0.6 is 0 Å². The van der Waals surface area contributed by atoms with Gasteiger partial charge in [-0.1, -0.05) is 30.3 Å². The molecule has 0 spiro atoms. The maximum Gasteiger partial charge on any atom is 0.127 e. The van der Waals surface area contributed by atoms with E-state index in [1.165, 1.54) is 5.22 Å². The Balaban J connectivity index is 2.05. The predicted octanol–water partition coefficient (Wildman–Crippen LogP) is 1.35. The molecule has 1 aromatic rings. The van der Waals surface area contributed by atoms with E-state index in [0.29, 0.717) is 0 Å². The molecule has 0 saturated heterocycles. The maximum absolute atomic E-state index is 5.49.